The van der Waals surface area contributed by atoms with E-state index in [0.29, 0.717) is 18.9 Å². The molecular weight excluding hydrogens is 524 g/mol. The SMILES string of the molecule is CC(C)NC(=O)N(C)C[C@H]1OCCCC[C@H](C)Oc2ccc(NS(C)(=O)=O)cc2C(=O)N([C@@H](C)CO)C[C@@H]1C. The van der Waals surface area contributed by atoms with Crippen LogP contribution in [-0.2, 0) is 14.8 Å². The predicted molar refractivity (Wildman–Crippen MR) is 152 cm³/mol. The zero-order chi connectivity index (χ0) is 29.3. The van der Waals surface area contributed by atoms with E-state index in [1.165, 1.54) is 6.07 Å². The molecule has 0 saturated carbocycles. The van der Waals surface area contributed by atoms with Gasteiger partial charge < -0.3 is 29.7 Å². The van der Waals surface area contributed by atoms with Crippen LogP contribution in [-0.4, -0.2) is 99.2 Å². The minimum Gasteiger partial charge on any atom is -0.490 e. The second-order valence-electron chi connectivity index (χ2n) is 10.9. The molecule has 39 heavy (non-hydrogen) atoms. The summed E-state index contributed by atoms with van der Waals surface area (Å²) in [6, 6.07) is 3.88. The van der Waals surface area contributed by atoms with Crippen molar-refractivity contribution in [3.8, 4) is 5.75 Å². The number of hydrogen-bond donors (Lipinski definition) is 3. The number of hydrogen-bond acceptors (Lipinski definition) is 7. The highest BCUT2D eigenvalue weighted by Gasteiger charge is 2.31. The van der Waals surface area contributed by atoms with E-state index >= 15 is 0 Å². The molecule has 1 aromatic carbocycles. The number of nitrogens with one attached hydrogen (secondary N) is 2. The fourth-order valence-electron chi connectivity index (χ4n) is 4.37. The van der Waals surface area contributed by atoms with Crippen molar-refractivity contribution in [2.45, 2.75) is 78.2 Å². The fourth-order valence-corrected chi connectivity index (χ4v) is 4.93. The lowest BCUT2D eigenvalue weighted by atomic mass is 10.0. The Morgan fingerprint density at radius 1 is 1.23 bits per heavy atom. The molecule has 3 N–H and O–H groups in total. The molecule has 1 aromatic rings. The molecule has 0 spiro atoms. The number of carbonyl (C=O) groups excluding carboxylic acids is 2. The molecule has 12 heteroatoms. The number of sulfonamides is 1. The van der Waals surface area contributed by atoms with E-state index in [2.05, 4.69) is 10.0 Å². The fraction of sp³-hybridized carbons (Fsp3) is 0.704. The largest absolute Gasteiger partial charge is 0.490 e. The topological polar surface area (TPSA) is 138 Å². The molecule has 0 aromatic heterocycles. The maximum atomic E-state index is 14.0. The molecule has 0 unspecified atom stereocenters. The number of rotatable bonds is 7. The van der Waals surface area contributed by atoms with Gasteiger partial charge in [-0.15, -0.1) is 0 Å². The van der Waals surface area contributed by atoms with Gasteiger partial charge in [0, 0.05) is 44.4 Å². The average Bonchev–Trinajstić information content (AvgIpc) is 2.84. The van der Waals surface area contributed by atoms with E-state index in [-0.39, 0.29) is 54.6 Å². The molecule has 1 aliphatic heterocycles. The number of fused-ring (bicyclic) bond motifs is 1. The van der Waals surface area contributed by atoms with Crippen LogP contribution in [0.3, 0.4) is 0 Å². The number of carbonyl (C=O) groups is 2. The van der Waals surface area contributed by atoms with E-state index in [4.69, 9.17) is 9.47 Å². The maximum Gasteiger partial charge on any atom is 0.317 e. The van der Waals surface area contributed by atoms with Crippen LogP contribution < -0.4 is 14.8 Å². The number of urea groups is 1. The Bertz CT molecular complexity index is 1070. The summed E-state index contributed by atoms with van der Waals surface area (Å²) in [5.41, 5.74) is 0.441. The van der Waals surface area contributed by atoms with Crippen LogP contribution >= 0.6 is 0 Å². The van der Waals surface area contributed by atoms with Crippen LogP contribution in [0.2, 0.25) is 0 Å². The Kier molecular flexibility index (Phi) is 12.3. The first-order valence-electron chi connectivity index (χ1n) is 13.5. The van der Waals surface area contributed by atoms with Gasteiger partial charge in [0.2, 0.25) is 10.0 Å². The number of aliphatic hydroxyl groups is 1. The molecule has 0 fully saturated rings. The minimum absolute atomic E-state index is 0.00726. The number of benzene rings is 1. The van der Waals surface area contributed by atoms with Gasteiger partial charge in [0.15, 0.2) is 0 Å². The molecule has 0 radical (unpaired) electrons. The van der Waals surface area contributed by atoms with Gasteiger partial charge in [0.25, 0.3) is 5.91 Å². The van der Waals surface area contributed by atoms with Gasteiger partial charge in [-0.3, -0.25) is 9.52 Å². The quantitative estimate of drug-likeness (QED) is 0.458. The second-order valence-corrected chi connectivity index (χ2v) is 12.6. The third-order valence-corrected chi connectivity index (χ3v) is 7.17. The van der Waals surface area contributed by atoms with Gasteiger partial charge in [-0.2, -0.15) is 0 Å². The number of anilines is 1. The van der Waals surface area contributed by atoms with Crippen molar-refractivity contribution in [1.82, 2.24) is 15.1 Å². The van der Waals surface area contributed by atoms with Crippen molar-refractivity contribution in [2.24, 2.45) is 5.92 Å². The molecule has 11 nitrogen and oxygen atoms in total. The standard InChI is InChI=1S/C27H46N4O7S/c1-18(2)28-27(34)30(6)16-25-19(3)15-31(20(4)17-32)26(33)23-14-22(29-39(7,35)36)11-12-24(23)38-21(5)10-8-9-13-37-25/h11-12,14,18-21,25,29,32H,8-10,13,15-17H2,1-7H3,(H,28,34)/t19-,20-,21-,25+/m0/s1. The van der Waals surface area contributed by atoms with Gasteiger partial charge in [0.05, 0.1) is 36.7 Å². The number of nitrogens with zero attached hydrogens (tertiary/aromatic N) is 2. The summed E-state index contributed by atoms with van der Waals surface area (Å²) < 4.78 is 38.5. The highest BCUT2D eigenvalue weighted by Crippen LogP contribution is 2.28. The molecule has 1 heterocycles. The minimum atomic E-state index is -3.57. The third-order valence-electron chi connectivity index (χ3n) is 6.57. The summed E-state index contributed by atoms with van der Waals surface area (Å²) in [5, 5.41) is 12.9. The Morgan fingerprint density at radius 3 is 2.54 bits per heavy atom. The highest BCUT2D eigenvalue weighted by atomic mass is 32.2. The van der Waals surface area contributed by atoms with Crippen molar-refractivity contribution in [2.75, 3.05) is 44.3 Å². The number of ether oxygens (including phenoxy) is 2. The smallest absolute Gasteiger partial charge is 0.317 e. The molecule has 2 rings (SSSR count). The Labute approximate surface area is 233 Å². The van der Waals surface area contributed by atoms with E-state index in [9.17, 15) is 23.1 Å². The Morgan fingerprint density at radius 2 is 1.92 bits per heavy atom. The first-order chi connectivity index (χ1) is 18.2. The van der Waals surface area contributed by atoms with Crippen LogP contribution in [0.4, 0.5) is 10.5 Å². The van der Waals surface area contributed by atoms with Crippen molar-refractivity contribution in [1.29, 1.82) is 0 Å². The van der Waals surface area contributed by atoms with Crippen LogP contribution in [0.5, 0.6) is 5.75 Å². The van der Waals surface area contributed by atoms with Crippen molar-refractivity contribution >= 4 is 27.6 Å². The molecule has 0 saturated heterocycles. The lowest BCUT2D eigenvalue weighted by Gasteiger charge is -2.36. The molecule has 0 bridgehead atoms. The first-order valence-corrected chi connectivity index (χ1v) is 15.4. The summed E-state index contributed by atoms with van der Waals surface area (Å²) in [7, 11) is -1.86. The average molecular weight is 571 g/mol. The first kappa shape index (κ1) is 32.6. The molecular formula is C27H46N4O7S. The van der Waals surface area contributed by atoms with Gasteiger partial charge in [-0.1, -0.05) is 6.92 Å². The van der Waals surface area contributed by atoms with Crippen molar-refractivity contribution in [3.05, 3.63) is 23.8 Å². The van der Waals surface area contributed by atoms with E-state index < -0.39 is 22.0 Å². The summed E-state index contributed by atoms with van der Waals surface area (Å²) >= 11 is 0. The van der Waals surface area contributed by atoms with Crippen LogP contribution in [0.25, 0.3) is 0 Å². The number of aliphatic hydroxyl groups excluding tert-OH is 1. The van der Waals surface area contributed by atoms with Crippen LogP contribution in [0.1, 0.15) is 64.2 Å². The lowest BCUT2D eigenvalue weighted by molar-refractivity contribution is -0.0122. The zero-order valence-corrected chi connectivity index (χ0v) is 25.1. The van der Waals surface area contributed by atoms with Gasteiger partial charge in [-0.05, 0) is 65.2 Å². The van der Waals surface area contributed by atoms with Gasteiger partial charge in [-0.25, -0.2) is 13.2 Å². The van der Waals surface area contributed by atoms with E-state index in [1.54, 1.807) is 35.9 Å². The third kappa shape index (κ3) is 10.5. The summed E-state index contributed by atoms with van der Waals surface area (Å²) in [6.45, 7) is 10.2. The normalized spacial score (nSPS) is 22.3. The Balaban J connectivity index is 2.46. The van der Waals surface area contributed by atoms with Gasteiger partial charge >= 0.3 is 6.03 Å². The number of amides is 3. The van der Waals surface area contributed by atoms with Crippen LogP contribution in [0.15, 0.2) is 18.2 Å². The number of likely N-dealkylation sites (N-methyl/N-ethyl adjacent to an activating group) is 1. The summed E-state index contributed by atoms with van der Waals surface area (Å²) in [6.07, 6.45) is 2.87. The Hall–Kier alpha value is -2.57. The van der Waals surface area contributed by atoms with Crippen molar-refractivity contribution in [3.63, 3.8) is 0 Å². The second kappa shape index (κ2) is 14.7. The molecule has 4 atom stereocenters. The molecule has 222 valence electrons. The molecule has 0 aliphatic carbocycles. The highest BCUT2D eigenvalue weighted by molar-refractivity contribution is 7.92. The monoisotopic (exact) mass is 570 g/mol. The summed E-state index contributed by atoms with van der Waals surface area (Å²) in [5.74, 6) is -0.241. The molecule has 1 aliphatic rings. The van der Waals surface area contributed by atoms with Crippen LogP contribution in [0, 0.1) is 5.92 Å². The lowest BCUT2D eigenvalue weighted by Crippen LogP contribution is -2.49. The van der Waals surface area contributed by atoms with E-state index in [0.717, 1.165) is 25.5 Å². The van der Waals surface area contributed by atoms with Crippen molar-refractivity contribution < 1.29 is 32.6 Å². The van der Waals surface area contributed by atoms with Gasteiger partial charge in [0.1, 0.15) is 5.75 Å². The summed E-state index contributed by atoms with van der Waals surface area (Å²) in [4.78, 5) is 29.7. The van der Waals surface area contributed by atoms with E-state index in [1.807, 2.05) is 27.7 Å². The molecule has 3 amide bonds. The predicted octanol–water partition coefficient (Wildman–Crippen LogP) is 2.90. The zero-order valence-electron chi connectivity index (χ0n) is 24.3. The maximum absolute atomic E-state index is 14.0.